The van der Waals surface area contributed by atoms with Gasteiger partial charge in [0.2, 0.25) is 0 Å². The monoisotopic (exact) mass is 222 g/mol. The molecular weight excluding hydrogens is 214 g/mol. The van der Waals surface area contributed by atoms with Gasteiger partial charge >= 0.3 is 5.97 Å². The van der Waals surface area contributed by atoms with Crippen LogP contribution in [0.15, 0.2) is 0 Å². The van der Waals surface area contributed by atoms with E-state index in [0.717, 1.165) is 0 Å². The van der Waals surface area contributed by atoms with Crippen LogP contribution in [0.1, 0.15) is 29.4 Å². The summed E-state index contributed by atoms with van der Waals surface area (Å²) in [7, 11) is 0. The minimum absolute atomic E-state index is 0.0428. The Morgan fingerprint density at radius 1 is 1.71 bits per heavy atom. The second-order valence-corrected chi connectivity index (χ2v) is 3.13. The van der Waals surface area contributed by atoms with Crippen molar-refractivity contribution in [2.45, 2.75) is 13.3 Å². The zero-order valence-corrected chi connectivity index (χ0v) is 8.11. The fraction of sp³-hybridized carbons (Fsp3) is 0.429. The number of carbonyl (C=O) groups excluding carboxylic acids is 1. The van der Waals surface area contributed by atoms with Gasteiger partial charge in [0.05, 0.1) is 6.61 Å². The summed E-state index contributed by atoms with van der Waals surface area (Å²) in [6, 6.07) is 0. The van der Waals surface area contributed by atoms with E-state index in [-0.39, 0.29) is 17.2 Å². The summed E-state index contributed by atoms with van der Waals surface area (Å²) in [5.41, 5.74) is 4.41. The maximum absolute atomic E-state index is 12.3. The summed E-state index contributed by atoms with van der Waals surface area (Å²) in [6.45, 7) is 1.69. The first-order valence-electron chi connectivity index (χ1n) is 3.78. The van der Waals surface area contributed by atoms with E-state index in [1.54, 1.807) is 6.92 Å². The normalized spacial score (nSPS) is 10.6. The van der Waals surface area contributed by atoms with Gasteiger partial charge in [-0.05, 0) is 18.5 Å². The molecule has 0 saturated carbocycles. The van der Waals surface area contributed by atoms with Crippen molar-refractivity contribution in [1.29, 1.82) is 0 Å². The topological polar surface area (TPSA) is 65.2 Å². The molecule has 2 N–H and O–H groups in total. The highest BCUT2D eigenvalue weighted by Crippen LogP contribution is 2.29. The lowest BCUT2D eigenvalue weighted by Gasteiger charge is -2.02. The number of esters is 1. The molecule has 0 unspecified atom stereocenters. The van der Waals surface area contributed by atoms with E-state index in [0.29, 0.717) is 11.5 Å². The number of alkyl halides is 2. The van der Waals surface area contributed by atoms with E-state index >= 15 is 0 Å². The molecule has 0 radical (unpaired) electrons. The van der Waals surface area contributed by atoms with Gasteiger partial charge in [0.15, 0.2) is 0 Å². The molecule has 0 saturated heterocycles. The number of hydrogen-bond donors (Lipinski definition) is 1. The Bertz CT molecular complexity index is 340. The molecule has 7 heteroatoms. The first kappa shape index (κ1) is 10.8. The highest BCUT2D eigenvalue weighted by atomic mass is 32.1. The summed E-state index contributed by atoms with van der Waals surface area (Å²) in [4.78, 5) is 11.2. The maximum Gasteiger partial charge on any atom is 0.343 e. The van der Waals surface area contributed by atoms with Crippen molar-refractivity contribution in [1.82, 2.24) is 4.37 Å². The molecular formula is C7H8F2N2O2S. The second-order valence-electron chi connectivity index (χ2n) is 2.33. The molecule has 4 nitrogen and oxygen atoms in total. The molecule has 14 heavy (non-hydrogen) atoms. The minimum atomic E-state index is -2.82. The van der Waals surface area contributed by atoms with E-state index in [1.165, 1.54) is 0 Å². The highest BCUT2D eigenvalue weighted by Gasteiger charge is 2.26. The summed E-state index contributed by atoms with van der Waals surface area (Å²) in [6.07, 6.45) is -2.82. The van der Waals surface area contributed by atoms with Crippen LogP contribution in [-0.4, -0.2) is 16.9 Å². The Morgan fingerprint density at radius 2 is 2.36 bits per heavy atom. The summed E-state index contributed by atoms with van der Waals surface area (Å²) in [5, 5.41) is -0.0428. The third-order valence-electron chi connectivity index (χ3n) is 1.43. The first-order chi connectivity index (χ1) is 6.57. The summed E-state index contributed by atoms with van der Waals surface area (Å²) >= 11 is 0.660. The van der Waals surface area contributed by atoms with Gasteiger partial charge in [-0.15, -0.1) is 0 Å². The Kier molecular flexibility index (Phi) is 3.34. The molecule has 1 aromatic rings. The van der Waals surface area contributed by atoms with Gasteiger partial charge in [0.25, 0.3) is 6.43 Å². The minimum Gasteiger partial charge on any atom is -0.462 e. The number of anilines is 1. The molecule has 0 atom stereocenters. The fourth-order valence-corrected chi connectivity index (χ4v) is 1.52. The SMILES string of the molecule is CCOC(=O)c1c(C(F)F)nsc1N. The van der Waals surface area contributed by atoms with E-state index in [4.69, 9.17) is 5.73 Å². The van der Waals surface area contributed by atoms with E-state index in [2.05, 4.69) is 9.11 Å². The van der Waals surface area contributed by atoms with Gasteiger partial charge in [0, 0.05) is 0 Å². The molecule has 0 bridgehead atoms. The molecule has 1 heterocycles. The number of halogens is 2. The Morgan fingerprint density at radius 3 is 2.86 bits per heavy atom. The van der Waals surface area contributed by atoms with E-state index < -0.39 is 18.1 Å². The molecule has 78 valence electrons. The van der Waals surface area contributed by atoms with Crippen LogP contribution in [-0.2, 0) is 4.74 Å². The predicted octanol–water partition coefficient (Wildman–Crippen LogP) is 1.84. The molecule has 1 aromatic heterocycles. The lowest BCUT2D eigenvalue weighted by molar-refractivity contribution is 0.0516. The highest BCUT2D eigenvalue weighted by molar-refractivity contribution is 7.10. The summed E-state index contributed by atoms with van der Waals surface area (Å²) < 4.78 is 32.6. The largest absolute Gasteiger partial charge is 0.462 e. The molecule has 0 aliphatic carbocycles. The van der Waals surface area contributed by atoms with Crippen LogP contribution in [0.5, 0.6) is 0 Å². The number of nitrogen functional groups attached to an aromatic ring is 1. The average molecular weight is 222 g/mol. The Balaban J connectivity index is 3.04. The average Bonchev–Trinajstić information content (AvgIpc) is 2.47. The number of nitrogens with two attached hydrogens (primary N) is 1. The van der Waals surface area contributed by atoms with Crippen molar-refractivity contribution in [3.8, 4) is 0 Å². The summed E-state index contributed by atoms with van der Waals surface area (Å²) in [5.74, 6) is -0.853. The second kappa shape index (κ2) is 4.32. The van der Waals surface area contributed by atoms with Crippen LogP contribution < -0.4 is 5.73 Å². The smallest absolute Gasteiger partial charge is 0.343 e. The zero-order chi connectivity index (χ0) is 10.7. The molecule has 0 spiro atoms. The van der Waals surface area contributed by atoms with Crippen LogP contribution in [0.3, 0.4) is 0 Å². The van der Waals surface area contributed by atoms with Crippen molar-refractivity contribution in [3.05, 3.63) is 11.3 Å². The van der Waals surface area contributed by atoms with Gasteiger partial charge < -0.3 is 10.5 Å². The Hall–Kier alpha value is -1.24. The van der Waals surface area contributed by atoms with Crippen molar-refractivity contribution in [2.75, 3.05) is 12.3 Å². The Labute approximate surface area is 82.8 Å². The standard InChI is InChI=1S/C7H8F2N2O2S/c1-2-13-7(12)3-4(5(8)9)11-14-6(3)10/h5H,2,10H2,1H3. The van der Waals surface area contributed by atoms with E-state index in [1.807, 2.05) is 0 Å². The number of rotatable bonds is 3. The number of aromatic nitrogens is 1. The maximum atomic E-state index is 12.3. The lowest BCUT2D eigenvalue weighted by atomic mass is 10.2. The van der Waals surface area contributed by atoms with Crippen LogP contribution in [0.2, 0.25) is 0 Å². The van der Waals surface area contributed by atoms with Crippen LogP contribution in [0.25, 0.3) is 0 Å². The quantitative estimate of drug-likeness (QED) is 0.792. The number of ether oxygens (including phenoxy) is 1. The zero-order valence-electron chi connectivity index (χ0n) is 7.29. The van der Waals surface area contributed by atoms with Gasteiger partial charge in [-0.2, -0.15) is 4.37 Å². The van der Waals surface area contributed by atoms with Crippen LogP contribution in [0, 0.1) is 0 Å². The molecule has 0 fully saturated rings. The molecule has 0 aliphatic heterocycles. The van der Waals surface area contributed by atoms with Gasteiger partial charge in [0.1, 0.15) is 16.3 Å². The third-order valence-corrected chi connectivity index (χ3v) is 2.12. The van der Waals surface area contributed by atoms with Crippen molar-refractivity contribution in [2.24, 2.45) is 0 Å². The van der Waals surface area contributed by atoms with Crippen molar-refractivity contribution < 1.29 is 18.3 Å². The van der Waals surface area contributed by atoms with E-state index in [9.17, 15) is 13.6 Å². The van der Waals surface area contributed by atoms with Crippen molar-refractivity contribution >= 4 is 22.5 Å². The lowest BCUT2D eigenvalue weighted by Crippen LogP contribution is -2.09. The number of hydrogen-bond acceptors (Lipinski definition) is 5. The molecule has 0 aliphatic rings. The first-order valence-corrected chi connectivity index (χ1v) is 4.55. The third kappa shape index (κ3) is 1.98. The van der Waals surface area contributed by atoms with Crippen molar-refractivity contribution in [3.63, 3.8) is 0 Å². The van der Waals surface area contributed by atoms with Gasteiger partial charge in [-0.1, -0.05) is 0 Å². The molecule has 1 rings (SSSR count). The van der Waals surface area contributed by atoms with Crippen LogP contribution >= 0.6 is 11.5 Å². The number of carbonyl (C=O) groups is 1. The van der Waals surface area contributed by atoms with Gasteiger partial charge in [-0.3, -0.25) is 0 Å². The molecule has 0 amide bonds. The predicted molar refractivity (Wildman–Crippen MR) is 47.4 cm³/mol. The van der Waals surface area contributed by atoms with Gasteiger partial charge in [-0.25, -0.2) is 13.6 Å². The van der Waals surface area contributed by atoms with Crippen LogP contribution in [0.4, 0.5) is 13.8 Å². The fourth-order valence-electron chi connectivity index (χ4n) is 0.873. The molecule has 0 aromatic carbocycles. The number of nitrogens with zero attached hydrogens (tertiary/aromatic N) is 1.